The van der Waals surface area contributed by atoms with E-state index < -0.39 is 5.82 Å². The second-order valence-electron chi connectivity index (χ2n) is 4.72. The third-order valence-electron chi connectivity index (χ3n) is 3.39. The molecule has 0 radical (unpaired) electrons. The highest BCUT2D eigenvalue weighted by Crippen LogP contribution is 2.16. The number of halogens is 2. The lowest BCUT2D eigenvalue weighted by Gasteiger charge is -2.22. The van der Waals surface area contributed by atoms with Crippen molar-refractivity contribution in [2.75, 3.05) is 13.2 Å². The van der Waals surface area contributed by atoms with Crippen molar-refractivity contribution in [1.29, 1.82) is 0 Å². The van der Waals surface area contributed by atoms with Crippen LogP contribution in [0.25, 0.3) is 5.52 Å². The fourth-order valence-electron chi connectivity index (χ4n) is 2.36. The normalized spacial score (nSPS) is 16.5. The van der Waals surface area contributed by atoms with E-state index in [2.05, 4.69) is 10.3 Å². The highest BCUT2D eigenvalue weighted by molar-refractivity contribution is 6.32. The van der Waals surface area contributed by atoms with Gasteiger partial charge in [0.05, 0.1) is 6.20 Å². The number of fused-ring (bicyclic) bond motifs is 1. The fourth-order valence-corrected chi connectivity index (χ4v) is 2.64. The molecule has 0 atom stereocenters. The Morgan fingerprint density at radius 2 is 2.25 bits per heavy atom. The van der Waals surface area contributed by atoms with Crippen molar-refractivity contribution in [3.05, 3.63) is 35.1 Å². The summed E-state index contributed by atoms with van der Waals surface area (Å²) >= 11 is 5.95. The van der Waals surface area contributed by atoms with E-state index >= 15 is 0 Å². The Balaban J connectivity index is 1.90. The molecule has 1 saturated heterocycles. The SMILES string of the molecule is O=C(NC1CCOCC1)c1[nH]c(Cl)c2c(F)ccc[n+]12. The number of carbonyl (C=O) groups is 1. The third kappa shape index (κ3) is 2.36. The van der Waals surface area contributed by atoms with Gasteiger partial charge in [0.15, 0.2) is 5.82 Å². The molecule has 0 saturated carbocycles. The first-order valence-corrected chi connectivity index (χ1v) is 6.80. The number of nitrogens with one attached hydrogen (secondary N) is 2. The van der Waals surface area contributed by atoms with E-state index in [-0.39, 0.29) is 28.4 Å². The summed E-state index contributed by atoms with van der Waals surface area (Å²) in [5.74, 6) is -0.556. The minimum Gasteiger partial charge on any atom is -0.381 e. The average Bonchev–Trinajstić information content (AvgIpc) is 2.79. The second kappa shape index (κ2) is 5.38. The molecule has 0 aliphatic carbocycles. The van der Waals surface area contributed by atoms with Crippen LogP contribution >= 0.6 is 11.6 Å². The van der Waals surface area contributed by atoms with Crippen LogP contribution < -0.4 is 9.72 Å². The highest BCUT2D eigenvalue weighted by atomic mass is 35.5. The molecule has 0 spiro atoms. The zero-order valence-electron chi connectivity index (χ0n) is 10.7. The molecule has 2 aromatic heterocycles. The van der Waals surface area contributed by atoms with Crippen LogP contribution in [0.15, 0.2) is 18.3 Å². The number of hydrogen-bond acceptors (Lipinski definition) is 2. The Morgan fingerprint density at radius 3 is 3.00 bits per heavy atom. The molecular weight excluding hydrogens is 285 g/mol. The van der Waals surface area contributed by atoms with Crippen molar-refractivity contribution in [3.63, 3.8) is 0 Å². The summed E-state index contributed by atoms with van der Waals surface area (Å²) in [5, 5.41) is 3.02. The van der Waals surface area contributed by atoms with E-state index in [1.807, 2.05) is 0 Å². The number of ether oxygens (including phenoxy) is 1. The van der Waals surface area contributed by atoms with Crippen molar-refractivity contribution >= 4 is 23.0 Å². The van der Waals surface area contributed by atoms with Gasteiger partial charge in [-0.25, -0.2) is 9.37 Å². The molecule has 0 aromatic carbocycles. The van der Waals surface area contributed by atoms with Crippen molar-refractivity contribution in [1.82, 2.24) is 10.3 Å². The molecule has 7 heteroatoms. The van der Waals surface area contributed by atoms with Crippen LogP contribution in [0.1, 0.15) is 23.5 Å². The Bertz CT molecular complexity index is 652. The molecular formula is C13H14ClFN3O2+. The lowest BCUT2D eigenvalue weighted by atomic mass is 10.1. The number of rotatable bonds is 2. The van der Waals surface area contributed by atoms with Gasteiger partial charge in [0.25, 0.3) is 0 Å². The quantitative estimate of drug-likeness (QED) is 0.825. The third-order valence-corrected chi connectivity index (χ3v) is 3.67. The minimum absolute atomic E-state index is 0.0718. The van der Waals surface area contributed by atoms with Crippen LogP contribution in [-0.4, -0.2) is 30.1 Å². The molecule has 1 fully saturated rings. The van der Waals surface area contributed by atoms with Crippen molar-refractivity contribution in [2.45, 2.75) is 18.9 Å². The van der Waals surface area contributed by atoms with Gasteiger partial charge in [-0.3, -0.25) is 4.79 Å². The smallest absolute Gasteiger partial charge is 0.352 e. The topological polar surface area (TPSA) is 58.2 Å². The number of pyridine rings is 1. The molecule has 1 aliphatic rings. The molecule has 5 nitrogen and oxygen atoms in total. The predicted molar refractivity (Wildman–Crippen MR) is 70.2 cm³/mol. The van der Waals surface area contributed by atoms with Crippen molar-refractivity contribution in [2.24, 2.45) is 0 Å². The predicted octanol–water partition coefficient (Wildman–Crippen LogP) is 1.45. The molecule has 1 aliphatic heterocycles. The summed E-state index contributed by atoms with van der Waals surface area (Å²) in [7, 11) is 0. The molecule has 106 valence electrons. The highest BCUT2D eigenvalue weighted by Gasteiger charge is 2.28. The van der Waals surface area contributed by atoms with Crippen LogP contribution in [0, 0.1) is 5.82 Å². The van der Waals surface area contributed by atoms with Gasteiger partial charge in [0.1, 0.15) is 0 Å². The molecule has 20 heavy (non-hydrogen) atoms. The average molecular weight is 299 g/mol. The van der Waals surface area contributed by atoms with Gasteiger partial charge in [-0.1, -0.05) is 0 Å². The lowest BCUT2D eigenvalue weighted by molar-refractivity contribution is -0.515. The van der Waals surface area contributed by atoms with Gasteiger partial charge in [0, 0.05) is 19.3 Å². The van der Waals surface area contributed by atoms with Crippen LogP contribution in [-0.2, 0) is 4.74 Å². The number of H-pyrrole nitrogens is 1. The van der Waals surface area contributed by atoms with Crippen molar-refractivity contribution in [3.8, 4) is 0 Å². The van der Waals surface area contributed by atoms with E-state index in [1.54, 1.807) is 6.20 Å². The van der Waals surface area contributed by atoms with E-state index in [9.17, 15) is 9.18 Å². The van der Waals surface area contributed by atoms with Crippen LogP contribution in [0.4, 0.5) is 4.39 Å². The first kappa shape index (κ1) is 13.3. The largest absolute Gasteiger partial charge is 0.381 e. The second-order valence-corrected chi connectivity index (χ2v) is 5.10. The summed E-state index contributed by atoms with van der Waals surface area (Å²) in [5.41, 5.74) is 0.172. The van der Waals surface area contributed by atoms with Gasteiger partial charge in [-0.05, 0) is 36.6 Å². The Labute approximate surface area is 119 Å². The number of imidazole rings is 1. The van der Waals surface area contributed by atoms with Gasteiger partial charge in [0.2, 0.25) is 10.7 Å². The van der Waals surface area contributed by atoms with Crippen molar-refractivity contribution < 1.29 is 18.3 Å². The molecule has 2 N–H and O–H groups in total. The molecule has 2 aromatic rings. The lowest BCUT2D eigenvalue weighted by Crippen LogP contribution is -2.43. The number of hydrogen-bond donors (Lipinski definition) is 2. The number of amides is 1. The van der Waals surface area contributed by atoms with E-state index in [0.29, 0.717) is 13.2 Å². The summed E-state index contributed by atoms with van der Waals surface area (Å²) in [4.78, 5) is 15.0. The Morgan fingerprint density at radius 1 is 1.50 bits per heavy atom. The summed E-state index contributed by atoms with van der Waals surface area (Å²) < 4.78 is 20.4. The number of nitrogens with zero attached hydrogens (tertiary/aromatic N) is 1. The zero-order chi connectivity index (χ0) is 14.1. The maximum absolute atomic E-state index is 13.7. The molecule has 0 unspecified atom stereocenters. The minimum atomic E-state index is -0.473. The van der Waals surface area contributed by atoms with Gasteiger partial charge < -0.3 is 10.1 Å². The zero-order valence-corrected chi connectivity index (χ0v) is 11.4. The maximum Gasteiger partial charge on any atom is 0.352 e. The number of aromatic amines is 1. The number of carbonyl (C=O) groups excluding carboxylic acids is 1. The van der Waals surface area contributed by atoms with E-state index in [1.165, 1.54) is 16.5 Å². The van der Waals surface area contributed by atoms with Gasteiger partial charge in [-0.2, -0.15) is 4.40 Å². The van der Waals surface area contributed by atoms with Crippen LogP contribution in [0.2, 0.25) is 5.15 Å². The summed E-state index contributed by atoms with van der Waals surface area (Å²) in [6, 6.07) is 2.90. The fraction of sp³-hybridized carbons (Fsp3) is 0.385. The summed E-state index contributed by atoms with van der Waals surface area (Å²) in [6.07, 6.45) is 3.15. The van der Waals surface area contributed by atoms with Crippen LogP contribution in [0.5, 0.6) is 0 Å². The van der Waals surface area contributed by atoms with Crippen LogP contribution in [0.3, 0.4) is 0 Å². The number of aromatic nitrogens is 2. The Kier molecular flexibility index (Phi) is 3.58. The Hall–Kier alpha value is -1.66. The molecule has 3 rings (SSSR count). The van der Waals surface area contributed by atoms with E-state index in [0.717, 1.165) is 12.8 Å². The first-order valence-electron chi connectivity index (χ1n) is 6.43. The maximum atomic E-state index is 13.7. The van der Waals surface area contributed by atoms with E-state index in [4.69, 9.17) is 16.3 Å². The van der Waals surface area contributed by atoms with Gasteiger partial charge >= 0.3 is 11.7 Å². The molecule has 3 heterocycles. The standard InChI is InChI=1S/C13H13ClFN3O2/c14-11-10-9(15)2-1-5-18(10)12(17-11)13(19)16-8-3-6-20-7-4-8/h1-2,5,8H,3-4,6-7H2,(H,16,19)/p+1. The monoisotopic (exact) mass is 298 g/mol. The van der Waals surface area contributed by atoms with Gasteiger partial charge in [-0.15, -0.1) is 0 Å². The molecule has 0 bridgehead atoms. The summed E-state index contributed by atoms with van der Waals surface area (Å²) in [6.45, 7) is 1.28. The first-order chi connectivity index (χ1) is 9.66. The molecule has 1 amide bonds.